The fourth-order valence-corrected chi connectivity index (χ4v) is 5.42. The van der Waals surface area contributed by atoms with Crippen LogP contribution in [0.15, 0.2) is 54.1 Å². The maximum absolute atomic E-state index is 6.36. The van der Waals surface area contributed by atoms with Crippen molar-refractivity contribution in [2.75, 3.05) is 33.9 Å². The fraction of sp³-hybridized carbons (Fsp3) is 0.417. The minimum absolute atomic E-state index is 0.440. The summed E-state index contributed by atoms with van der Waals surface area (Å²) in [5.41, 5.74) is 2.54. The summed E-state index contributed by atoms with van der Waals surface area (Å²) in [7, 11) is 3.37. The highest BCUT2D eigenvalue weighted by Crippen LogP contribution is 2.45. The Kier molecular flexibility index (Phi) is 4.50. The van der Waals surface area contributed by atoms with E-state index in [4.69, 9.17) is 14.3 Å². The Labute approximate surface area is 187 Å². The first kappa shape index (κ1) is 19.4. The van der Waals surface area contributed by atoms with Gasteiger partial charge in [-0.15, -0.1) is 0 Å². The molecule has 2 aromatic heterocycles. The third-order valence-corrected chi connectivity index (χ3v) is 7.15. The van der Waals surface area contributed by atoms with E-state index in [0.717, 1.165) is 66.6 Å². The van der Waals surface area contributed by atoms with E-state index in [2.05, 4.69) is 38.3 Å². The smallest absolute Gasteiger partial charge is 0.227 e. The molecule has 1 spiro atoms. The highest BCUT2D eigenvalue weighted by Gasteiger charge is 2.57. The van der Waals surface area contributed by atoms with Gasteiger partial charge in [0.2, 0.25) is 5.72 Å². The summed E-state index contributed by atoms with van der Waals surface area (Å²) in [6, 6.07) is 10.1. The minimum atomic E-state index is -0.458. The fourth-order valence-electron chi connectivity index (χ4n) is 5.42. The molecular weight excluding hydrogens is 406 g/mol. The molecule has 8 heteroatoms. The van der Waals surface area contributed by atoms with E-state index >= 15 is 0 Å². The number of hydrogen-bond acceptors (Lipinski definition) is 7. The third-order valence-electron chi connectivity index (χ3n) is 7.15. The van der Waals surface area contributed by atoms with Crippen molar-refractivity contribution in [1.29, 1.82) is 0 Å². The Morgan fingerprint density at radius 1 is 1.12 bits per heavy atom. The molecule has 3 fully saturated rings. The summed E-state index contributed by atoms with van der Waals surface area (Å²) in [6.07, 6.45) is 8.08. The van der Waals surface area contributed by atoms with Crippen LogP contribution < -0.4 is 9.47 Å². The van der Waals surface area contributed by atoms with Crippen LogP contribution in [0.25, 0.3) is 5.65 Å². The van der Waals surface area contributed by atoms with E-state index in [1.807, 2.05) is 28.8 Å². The normalized spacial score (nSPS) is 26.4. The van der Waals surface area contributed by atoms with Crippen LogP contribution in [0.3, 0.4) is 0 Å². The van der Waals surface area contributed by atoms with E-state index in [9.17, 15) is 0 Å². The molecule has 3 aromatic rings. The molecule has 32 heavy (non-hydrogen) atoms. The Hall–Kier alpha value is -3.26. The SMILES string of the molecule is COc1ccc(CN2C(c3ccc4nccn4c3)=NOC23CN2CCC3CC2)c(OC)c1. The Balaban J connectivity index is 1.42. The molecule has 6 heterocycles. The van der Waals surface area contributed by atoms with Gasteiger partial charge >= 0.3 is 0 Å². The van der Waals surface area contributed by atoms with Gasteiger partial charge in [0, 0.05) is 41.7 Å². The van der Waals surface area contributed by atoms with Crippen LogP contribution in [0, 0.1) is 5.92 Å². The summed E-state index contributed by atoms with van der Waals surface area (Å²) >= 11 is 0. The summed E-state index contributed by atoms with van der Waals surface area (Å²) in [5, 5.41) is 4.68. The lowest BCUT2D eigenvalue weighted by molar-refractivity contribution is -0.198. The van der Waals surface area contributed by atoms with Crippen molar-refractivity contribution in [3.63, 3.8) is 0 Å². The van der Waals surface area contributed by atoms with Gasteiger partial charge in [-0.05, 0) is 50.2 Å². The van der Waals surface area contributed by atoms with Crippen molar-refractivity contribution in [2.45, 2.75) is 25.1 Å². The van der Waals surface area contributed by atoms with E-state index < -0.39 is 5.72 Å². The van der Waals surface area contributed by atoms with Gasteiger partial charge in [-0.2, -0.15) is 0 Å². The van der Waals surface area contributed by atoms with E-state index in [-0.39, 0.29) is 0 Å². The van der Waals surface area contributed by atoms with Gasteiger partial charge in [-0.3, -0.25) is 4.90 Å². The second-order valence-corrected chi connectivity index (χ2v) is 8.78. The quantitative estimate of drug-likeness (QED) is 0.617. The monoisotopic (exact) mass is 433 g/mol. The van der Waals surface area contributed by atoms with Crippen molar-refractivity contribution in [1.82, 2.24) is 19.2 Å². The van der Waals surface area contributed by atoms with Crippen LogP contribution in [0.5, 0.6) is 11.5 Å². The van der Waals surface area contributed by atoms with Crippen molar-refractivity contribution in [2.24, 2.45) is 11.1 Å². The molecule has 0 saturated carbocycles. The Bertz CT molecular complexity index is 1180. The van der Waals surface area contributed by atoms with Crippen LogP contribution in [0.4, 0.5) is 0 Å². The second kappa shape index (κ2) is 7.41. The van der Waals surface area contributed by atoms with Crippen molar-refractivity contribution in [3.8, 4) is 11.5 Å². The van der Waals surface area contributed by atoms with Gasteiger partial charge in [0.25, 0.3) is 0 Å². The molecule has 4 aliphatic heterocycles. The summed E-state index contributed by atoms with van der Waals surface area (Å²) in [5.74, 6) is 2.87. The predicted octanol–water partition coefficient (Wildman–Crippen LogP) is 2.97. The van der Waals surface area contributed by atoms with E-state index in [1.165, 1.54) is 0 Å². The number of oxime groups is 1. The van der Waals surface area contributed by atoms with Crippen LogP contribution in [0.2, 0.25) is 0 Å². The molecule has 2 bridgehead atoms. The Morgan fingerprint density at radius 2 is 2.00 bits per heavy atom. The number of nitrogens with zero attached hydrogens (tertiary/aromatic N) is 5. The number of aromatic nitrogens is 2. The highest BCUT2D eigenvalue weighted by molar-refractivity contribution is 5.99. The number of rotatable bonds is 5. The summed E-state index contributed by atoms with van der Waals surface area (Å²) in [6.45, 7) is 3.76. The van der Waals surface area contributed by atoms with Crippen LogP contribution in [-0.2, 0) is 11.4 Å². The first-order valence-corrected chi connectivity index (χ1v) is 11.1. The molecule has 8 nitrogen and oxygen atoms in total. The Morgan fingerprint density at radius 3 is 2.75 bits per heavy atom. The van der Waals surface area contributed by atoms with E-state index in [1.54, 1.807) is 20.4 Å². The van der Waals surface area contributed by atoms with Gasteiger partial charge in [-0.25, -0.2) is 4.98 Å². The van der Waals surface area contributed by atoms with Crippen molar-refractivity contribution < 1.29 is 14.3 Å². The second-order valence-electron chi connectivity index (χ2n) is 8.78. The standard InChI is InChI=1S/C24H27N5O3/c1-30-20-5-3-17(21(13-20)31-2)15-29-23(18-4-6-22-25-9-12-28(22)14-18)26-32-24(29)16-27-10-7-19(24)8-11-27/h3-6,9,12-14,19H,7-8,10-11,15-16H2,1-2H3. The highest BCUT2D eigenvalue weighted by atomic mass is 16.7. The number of pyridine rings is 1. The molecule has 1 aromatic carbocycles. The number of fused-ring (bicyclic) bond motifs is 3. The lowest BCUT2D eigenvalue weighted by atomic mass is 9.79. The molecule has 0 aliphatic carbocycles. The number of methoxy groups -OCH3 is 2. The number of benzene rings is 1. The van der Waals surface area contributed by atoms with Gasteiger partial charge in [0.15, 0.2) is 5.84 Å². The molecule has 166 valence electrons. The lowest BCUT2D eigenvalue weighted by Crippen LogP contribution is -2.66. The zero-order chi connectivity index (χ0) is 21.7. The zero-order valence-electron chi connectivity index (χ0n) is 18.4. The van der Waals surface area contributed by atoms with Crippen LogP contribution >= 0.6 is 0 Å². The van der Waals surface area contributed by atoms with Gasteiger partial charge in [0.1, 0.15) is 17.1 Å². The van der Waals surface area contributed by atoms with Gasteiger partial charge in [-0.1, -0.05) is 5.16 Å². The molecule has 3 saturated heterocycles. The number of hydrogen-bond donors (Lipinski definition) is 0. The molecule has 4 aliphatic rings. The average Bonchev–Trinajstić information content (AvgIpc) is 3.45. The molecule has 0 amide bonds. The maximum Gasteiger partial charge on any atom is 0.227 e. The summed E-state index contributed by atoms with van der Waals surface area (Å²) in [4.78, 5) is 15.6. The zero-order valence-corrected chi connectivity index (χ0v) is 18.4. The number of ether oxygens (including phenoxy) is 2. The first-order chi connectivity index (χ1) is 15.7. The van der Waals surface area contributed by atoms with Crippen LogP contribution in [-0.4, -0.2) is 64.6 Å². The molecule has 0 radical (unpaired) electrons. The largest absolute Gasteiger partial charge is 0.497 e. The van der Waals surface area contributed by atoms with Crippen molar-refractivity contribution >= 4 is 11.5 Å². The molecule has 7 rings (SSSR count). The predicted molar refractivity (Wildman–Crippen MR) is 120 cm³/mol. The topological polar surface area (TPSA) is 63.8 Å². The number of imidazole rings is 1. The molecule has 1 unspecified atom stereocenters. The molecule has 1 atom stereocenters. The molecule has 0 N–H and O–H groups in total. The third kappa shape index (κ3) is 2.93. The molecular formula is C24H27N5O3. The van der Waals surface area contributed by atoms with Gasteiger partial charge < -0.3 is 23.6 Å². The summed E-state index contributed by atoms with van der Waals surface area (Å²) < 4.78 is 13.1. The van der Waals surface area contributed by atoms with Gasteiger partial charge in [0.05, 0.1) is 27.3 Å². The van der Waals surface area contributed by atoms with Crippen LogP contribution in [0.1, 0.15) is 24.0 Å². The average molecular weight is 434 g/mol. The number of amidine groups is 1. The maximum atomic E-state index is 6.36. The minimum Gasteiger partial charge on any atom is -0.497 e. The van der Waals surface area contributed by atoms with Crippen molar-refractivity contribution in [3.05, 3.63) is 60.0 Å². The lowest BCUT2D eigenvalue weighted by Gasteiger charge is -2.53. The van der Waals surface area contributed by atoms with E-state index in [0.29, 0.717) is 12.5 Å². The first-order valence-electron chi connectivity index (χ1n) is 11.1. The number of piperidine rings is 3.